The summed E-state index contributed by atoms with van der Waals surface area (Å²) in [6, 6.07) is 13.4. The highest BCUT2D eigenvalue weighted by Crippen LogP contribution is 2.20. The normalized spacial score (nSPS) is 12.1. The first-order valence-electron chi connectivity index (χ1n) is 6.64. The van der Waals surface area contributed by atoms with E-state index in [1.165, 1.54) is 0 Å². The van der Waals surface area contributed by atoms with E-state index in [1.54, 1.807) is 6.07 Å². The van der Waals surface area contributed by atoms with Gasteiger partial charge in [-0.2, -0.15) is 0 Å². The van der Waals surface area contributed by atoms with E-state index >= 15 is 0 Å². The van der Waals surface area contributed by atoms with Crippen LogP contribution in [0.3, 0.4) is 0 Å². The Bertz CT molecular complexity index is 584. The Hall–Kier alpha value is -2.20. The van der Waals surface area contributed by atoms with Crippen LogP contribution in [0.4, 0.5) is 11.4 Å². The van der Waals surface area contributed by atoms with Crippen molar-refractivity contribution in [3.8, 4) is 5.75 Å². The summed E-state index contributed by atoms with van der Waals surface area (Å²) in [6.45, 7) is 2.47. The van der Waals surface area contributed by atoms with Gasteiger partial charge < -0.3 is 21.9 Å². The van der Waals surface area contributed by atoms with Gasteiger partial charge in [-0.15, -0.1) is 0 Å². The van der Waals surface area contributed by atoms with Gasteiger partial charge in [-0.25, -0.2) is 0 Å². The molecule has 0 unspecified atom stereocenters. The molecular formula is C16H21N3O. The minimum Gasteiger partial charge on any atom is -0.492 e. The molecule has 1 atom stereocenters. The zero-order valence-corrected chi connectivity index (χ0v) is 11.7. The Labute approximate surface area is 119 Å². The van der Waals surface area contributed by atoms with Crippen molar-refractivity contribution in [2.75, 3.05) is 18.1 Å². The molecule has 4 heteroatoms. The number of aryl methyl sites for hydroxylation is 1. The summed E-state index contributed by atoms with van der Waals surface area (Å²) in [5.41, 5.74) is 21.1. The van der Waals surface area contributed by atoms with Crippen molar-refractivity contribution in [2.45, 2.75) is 19.4 Å². The summed E-state index contributed by atoms with van der Waals surface area (Å²) in [5, 5.41) is 0. The van der Waals surface area contributed by atoms with Crippen molar-refractivity contribution in [1.29, 1.82) is 0 Å². The molecule has 0 saturated heterocycles. The third-order valence-electron chi connectivity index (χ3n) is 3.17. The van der Waals surface area contributed by atoms with Crippen LogP contribution in [-0.4, -0.2) is 12.6 Å². The van der Waals surface area contributed by atoms with Crippen LogP contribution in [-0.2, 0) is 6.42 Å². The van der Waals surface area contributed by atoms with Gasteiger partial charge in [-0.05, 0) is 42.7 Å². The maximum atomic E-state index is 6.09. The van der Waals surface area contributed by atoms with E-state index in [0.29, 0.717) is 24.4 Å². The highest BCUT2D eigenvalue weighted by atomic mass is 16.5. The van der Waals surface area contributed by atoms with Crippen molar-refractivity contribution in [2.24, 2.45) is 5.73 Å². The van der Waals surface area contributed by atoms with E-state index in [0.717, 1.165) is 16.9 Å². The molecule has 0 aliphatic carbocycles. The van der Waals surface area contributed by atoms with Gasteiger partial charge >= 0.3 is 0 Å². The van der Waals surface area contributed by atoms with E-state index in [-0.39, 0.29) is 6.04 Å². The molecule has 2 aromatic rings. The number of hydrogen-bond donors (Lipinski definition) is 3. The number of nitrogen functional groups attached to an aromatic ring is 2. The smallest absolute Gasteiger partial charge is 0.119 e. The molecule has 0 amide bonds. The second-order valence-corrected chi connectivity index (χ2v) is 5.01. The Balaban J connectivity index is 1.92. The maximum Gasteiger partial charge on any atom is 0.119 e. The number of rotatable bonds is 5. The largest absolute Gasteiger partial charge is 0.492 e. The summed E-state index contributed by atoms with van der Waals surface area (Å²) in [7, 11) is 0. The van der Waals surface area contributed by atoms with Crippen molar-refractivity contribution >= 4 is 11.4 Å². The van der Waals surface area contributed by atoms with Gasteiger partial charge in [0.15, 0.2) is 0 Å². The van der Waals surface area contributed by atoms with Gasteiger partial charge in [0.25, 0.3) is 0 Å². The molecule has 4 nitrogen and oxygen atoms in total. The molecule has 0 aliphatic heterocycles. The standard InChI is InChI=1S/C16H21N3O/c1-11-4-2-6-14(8-11)20-10-13(17)9-12-5-3-7-15(18)16(12)19/h2-8,13H,9-10,17-19H2,1H3/t13-/m0/s1. The summed E-state index contributed by atoms with van der Waals surface area (Å²) >= 11 is 0. The first-order valence-corrected chi connectivity index (χ1v) is 6.64. The molecule has 0 spiro atoms. The Kier molecular flexibility index (Phi) is 4.48. The lowest BCUT2D eigenvalue weighted by Crippen LogP contribution is -2.30. The molecule has 0 fully saturated rings. The molecule has 2 aromatic carbocycles. The third kappa shape index (κ3) is 3.65. The number of benzene rings is 2. The van der Waals surface area contributed by atoms with E-state index in [9.17, 15) is 0 Å². The van der Waals surface area contributed by atoms with Gasteiger partial charge in [0.05, 0.1) is 11.4 Å². The van der Waals surface area contributed by atoms with Gasteiger partial charge in [-0.3, -0.25) is 0 Å². The SMILES string of the molecule is Cc1cccc(OC[C@@H](N)Cc2cccc(N)c2N)c1. The van der Waals surface area contributed by atoms with Gasteiger partial charge in [-0.1, -0.05) is 24.3 Å². The number of ether oxygens (including phenoxy) is 1. The molecule has 106 valence electrons. The number of anilines is 2. The zero-order chi connectivity index (χ0) is 14.5. The topological polar surface area (TPSA) is 87.3 Å². The van der Waals surface area contributed by atoms with Crippen LogP contribution in [0, 0.1) is 6.92 Å². The molecule has 0 aliphatic rings. The Morgan fingerprint density at radius 3 is 2.60 bits per heavy atom. The lowest BCUT2D eigenvalue weighted by molar-refractivity contribution is 0.287. The van der Waals surface area contributed by atoms with Gasteiger partial charge in [0.1, 0.15) is 12.4 Å². The van der Waals surface area contributed by atoms with Gasteiger partial charge in [0, 0.05) is 6.04 Å². The minimum atomic E-state index is -0.125. The van der Waals surface area contributed by atoms with Crippen LogP contribution in [0.2, 0.25) is 0 Å². The highest BCUT2D eigenvalue weighted by Gasteiger charge is 2.09. The van der Waals surface area contributed by atoms with Crippen LogP contribution in [0.1, 0.15) is 11.1 Å². The first-order chi connectivity index (χ1) is 9.56. The molecule has 0 bridgehead atoms. The lowest BCUT2D eigenvalue weighted by atomic mass is 10.0. The average Bonchev–Trinajstić information content (AvgIpc) is 2.42. The maximum absolute atomic E-state index is 6.09. The zero-order valence-electron chi connectivity index (χ0n) is 11.7. The number of hydrogen-bond acceptors (Lipinski definition) is 4. The summed E-state index contributed by atoms with van der Waals surface area (Å²) in [6.07, 6.45) is 0.642. The number of para-hydroxylation sites is 1. The van der Waals surface area contributed by atoms with Crippen molar-refractivity contribution in [3.63, 3.8) is 0 Å². The summed E-state index contributed by atoms with van der Waals surface area (Å²) < 4.78 is 5.69. The fourth-order valence-electron chi connectivity index (χ4n) is 2.06. The Morgan fingerprint density at radius 2 is 1.85 bits per heavy atom. The van der Waals surface area contributed by atoms with Crippen molar-refractivity contribution in [3.05, 3.63) is 53.6 Å². The van der Waals surface area contributed by atoms with Crippen LogP contribution in [0.25, 0.3) is 0 Å². The van der Waals surface area contributed by atoms with Gasteiger partial charge in [0.2, 0.25) is 0 Å². The molecular weight excluding hydrogens is 250 g/mol. The second-order valence-electron chi connectivity index (χ2n) is 5.01. The molecule has 0 radical (unpaired) electrons. The molecule has 2 rings (SSSR count). The molecule has 0 saturated carbocycles. The third-order valence-corrected chi connectivity index (χ3v) is 3.17. The lowest BCUT2D eigenvalue weighted by Gasteiger charge is -2.15. The fraction of sp³-hybridized carbons (Fsp3) is 0.250. The first kappa shape index (κ1) is 14.2. The van der Waals surface area contributed by atoms with Crippen LogP contribution in [0.15, 0.2) is 42.5 Å². The summed E-state index contributed by atoms with van der Waals surface area (Å²) in [5.74, 6) is 0.834. The number of nitrogens with two attached hydrogens (primary N) is 3. The average molecular weight is 271 g/mol. The highest BCUT2D eigenvalue weighted by molar-refractivity contribution is 5.67. The van der Waals surface area contributed by atoms with E-state index < -0.39 is 0 Å². The molecule has 0 heterocycles. The molecule has 20 heavy (non-hydrogen) atoms. The molecule has 6 N–H and O–H groups in total. The Morgan fingerprint density at radius 1 is 1.10 bits per heavy atom. The van der Waals surface area contributed by atoms with Crippen molar-refractivity contribution in [1.82, 2.24) is 0 Å². The quantitative estimate of drug-likeness (QED) is 0.727. The monoisotopic (exact) mass is 271 g/mol. The van der Waals surface area contributed by atoms with E-state index in [1.807, 2.05) is 43.3 Å². The van der Waals surface area contributed by atoms with Crippen molar-refractivity contribution < 1.29 is 4.74 Å². The predicted molar refractivity (Wildman–Crippen MR) is 83.6 cm³/mol. The fourth-order valence-corrected chi connectivity index (χ4v) is 2.06. The predicted octanol–water partition coefficient (Wildman–Crippen LogP) is 2.11. The second kappa shape index (κ2) is 6.30. The van der Waals surface area contributed by atoms with Crippen LogP contribution >= 0.6 is 0 Å². The summed E-state index contributed by atoms with van der Waals surface area (Å²) in [4.78, 5) is 0. The van der Waals surface area contributed by atoms with Crippen LogP contribution < -0.4 is 21.9 Å². The molecule has 0 aromatic heterocycles. The van der Waals surface area contributed by atoms with Crippen LogP contribution in [0.5, 0.6) is 5.75 Å². The van der Waals surface area contributed by atoms with E-state index in [4.69, 9.17) is 21.9 Å². The minimum absolute atomic E-state index is 0.125. The van der Waals surface area contributed by atoms with E-state index in [2.05, 4.69) is 0 Å².